The maximum atomic E-state index is 13.0. The summed E-state index contributed by atoms with van der Waals surface area (Å²) in [4.78, 5) is 108. The predicted octanol–water partition coefficient (Wildman–Crippen LogP) is 19.6. The summed E-state index contributed by atoms with van der Waals surface area (Å²) < 4.78 is 5.25. The van der Waals surface area contributed by atoms with Crippen molar-refractivity contribution in [2.24, 2.45) is 40.9 Å². The molecule has 12 heterocycles. The van der Waals surface area contributed by atoms with Crippen LogP contribution in [0.25, 0.3) is 90.8 Å². The van der Waals surface area contributed by atoms with Crippen molar-refractivity contribution in [1.29, 1.82) is 5.26 Å². The molecule has 0 aliphatic heterocycles. The van der Waals surface area contributed by atoms with Gasteiger partial charge in [-0.25, -0.2) is 73.6 Å². The van der Waals surface area contributed by atoms with Crippen LogP contribution in [-0.4, -0.2) is 153 Å². The number of nitriles is 1. The van der Waals surface area contributed by atoms with E-state index in [9.17, 15) is 39.6 Å². The summed E-state index contributed by atoms with van der Waals surface area (Å²) in [5.41, 5.74) is 0.917. The second-order valence-electron chi connectivity index (χ2n) is 28.5. The van der Waals surface area contributed by atoms with E-state index in [1.807, 2.05) is 6.07 Å². The fourth-order valence-corrected chi connectivity index (χ4v) is 13.5. The van der Waals surface area contributed by atoms with E-state index in [-0.39, 0.29) is 144 Å². The van der Waals surface area contributed by atoms with Gasteiger partial charge in [0.25, 0.3) is 58.3 Å². The molecule has 676 valence electrons. The number of phenolic OH excluding ortho intramolecular Hbond substituents is 4. The van der Waals surface area contributed by atoms with Crippen molar-refractivity contribution in [3.63, 3.8) is 0 Å². The number of phenols is 4. The third-order valence-electron chi connectivity index (χ3n) is 20.0. The molecule has 4 amide bonds. The third kappa shape index (κ3) is 19.4. The van der Waals surface area contributed by atoms with Crippen molar-refractivity contribution >= 4 is 165 Å². The average molecular weight is 1860 g/mol. The normalized spacial score (nSPS) is 10.9. The molecule has 11 N–H and O–H groups in total. The highest BCUT2D eigenvalue weighted by atomic mass is 16.3. The van der Waals surface area contributed by atoms with Crippen molar-refractivity contribution in [2.45, 2.75) is 0 Å². The molecule has 48 heteroatoms. The number of aromatic amines is 3. The zero-order chi connectivity index (χ0) is 97.8. The number of azo groups is 4. The van der Waals surface area contributed by atoms with Gasteiger partial charge in [0.05, 0.1) is 86.1 Å². The van der Waals surface area contributed by atoms with Gasteiger partial charge in [-0.3, -0.25) is 39.9 Å². The number of carbonyl (C=O) groups is 4. The van der Waals surface area contributed by atoms with Crippen LogP contribution in [0.1, 0.15) is 47.0 Å². The number of aromatic nitrogens is 22. The maximum absolute atomic E-state index is 13.0. The van der Waals surface area contributed by atoms with Gasteiger partial charge in [0.1, 0.15) is 52.3 Å². The lowest BCUT2D eigenvalue weighted by Crippen LogP contribution is -2.13. The molecule has 0 unspecified atom stereocenters. The van der Waals surface area contributed by atoms with E-state index in [4.69, 9.17) is 38.1 Å². The number of hydrogen-bond acceptors (Lipinski definition) is 32. The van der Waals surface area contributed by atoms with Crippen LogP contribution in [-0.2, 0) is 0 Å². The van der Waals surface area contributed by atoms with Gasteiger partial charge in [0.15, 0.2) is 57.9 Å². The summed E-state index contributed by atoms with van der Waals surface area (Å²) in [5.74, 6) is -1.81. The smallest absolute Gasteiger partial charge is 0.261 e. The minimum absolute atomic E-state index is 0.0191. The Morgan fingerprint density at radius 3 is 1.09 bits per heavy atom. The first-order valence-electron chi connectivity index (χ1n) is 40.7. The van der Waals surface area contributed by atoms with Crippen LogP contribution in [0.15, 0.2) is 316 Å². The molecule has 0 aliphatic carbocycles. The second-order valence-corrected chi connectivity index (χ2v) is 28.5. The number of imidazole rings is 1. The number of fused-ring (bicyclic) bond motifs is 4. The van der Waals surface area contributed by atoms with Crippen LogP contribution in [0, 0.1) is 44.2 Å². The number of nitrogens with one attached hydrogen (secondary N) is 7. The van der Waals surface area contributed by atoms with E-state index < -0.39 is 35.1 Å². The Hall–Kier alpha value is -22.8. The van der Waals surface area contributed by atoms with E-state index in [0.29, 0.717) is 60.4 Å². The predicted molar refractivity (Wildman–Crippen MR) is 506 cm³/mol. The van der Waals surface area contributed by atoms with Crippen LogP contribution < -0.4 is 21.3 Å². The van der Waals surface area contributed by atoms with Gasteiger partial charge in [-0.05, 0) is 88.3 Å². The van der Waals surface area contributed by atoms with Gasteiger partial charge in [0, 0.05) is 77.3 Å². The molecule has 141 heavy (non-hydrogen) atoms. The molecular formula is C93H56N40O8. The molecular weight excluding hydrogens is 1810 g/mol. The Labute approximate surface area is 789 Å². The minimum atomic E-state index is -0.684. The number of benzene rings is 8. The van der Waals surface area contributed by atoms with Gasteiger partial charge in [-0.2, -0.15) is 50.2 Å². The van der Waals surface area contributed by atoms with Crippen LogP contribution in [0.5, 0.6) is 23.0 Å². The standard InChI is InChI=1S/C25H14N10O2.C24H14N10O2.2C22H14N10O2/c1-26-16-8-9-20(30-13-16)32-24(37)18-12-15-6-3-4-7-17(15)21(22(18)36)33-34-23-19(27-2)14-31-35(23)25-28-10-5-11-29-25;1-26-18-13-29-34(19-8-4-5-9-27-19)23(18)33-31-20-16-7-3-2-6-14(16)10-17(21(20)35)24(36)30-22-15(11-25)12-28-32-22;1-23-16-11-27-32(17-8-4-5-9-24-17)20(16)30-29-18-14-7-3-2-6-13(14)10-15(19(18)33)21(34)28-22-25-12-26-31-22;1-23-16-12-28-32(22-26-7-4-8-27-22)19(16)31-30-17-14-6-3-2-5-13(14)11-15(18(17)33)20(34)29-21-24-9-10-25-21/h3-14,36H,(H,30,32,37);2-10,12-13,35H,(H2,28,30,32,36);2-12,33H,(H2,25,26,28,31,34);2-12,33H,(H2,24,25,29,34). The molecule has 8 aromatic carbocycles. The first-order valence-corrected chi connectivity index (χ1v) is 40.7. The minimum Gasteiger partial charge on any atom is -0.505 e. The highest BCUT2D eigenvalue weighted by Gasteiger charge is 2.28. The van der Waals surface area contributed by atoms with E-state index in [1.165, 1.54) is 124 Å². The number of aromatic hydroxyl groups is 4. The number of anilines is 4. The van der Waals surface area contributed by atoms with Crippen LogP contribution in [0.4, 0.5) is 98.0 Å². The van der Waals surface area contributed by atoms with Crippen molar-refractivity contribution in [3.05, 3.63) is 360 Å². The lowest BCUT2D eigenvalue weighted by molar-refractivity contribution is 0.101. The van der Waals surface area contributed by atoms with E-state index in [1.54, 1.807) is 170 Å². The van der Waals surface area contributed by atoms with Gasteiger partial charge in [0.2, 0.25) is 17.6 Å². The van der Waals surface area contributed by atoms with E-state index in [0.717, 1.165) is 0 Å². The Morgan fingerprint density at radius 2 is 0.730 bits per heavy atom. The molecule has 48 nitrogen and oxygen atoms in total. The second kappa shape index (κ2) is 41.1. The first kappa shape index (κ1) is 90.2. The molecule has 20 aromatic rings. The molecule has 0 radical (unpaired) electrons. The number of H-pyrrole nitrogens is 3. The highest BCUT2D eigenvalue weighted by molar-refractivity contribution is 6.15. The number of amides is 4. The summed E-state index contributed by atoms with van der Waals surface area (Å²) in [6, 6.07) is 53.0. The maximum Gasteiger partial charge on any atom is 0.261 e. The fraction of sp³-hybridized carbons (Fsp3) is 0. The van der Waals surface area contributed by atoms with Crippen molar-refractivity contribution < 1.29 is 39.6 Å². The van der Waals surface area contributed by atoms with Gasteiger partial charge in [-0.15, -0.1) is 40.9 Å². The summed E-state index contributed by atoms with van der Waals surface area (Å²) in [5, 5.41) is 131. The van der Waals surface area contributed by atoms with E-state index >= 15 is 0 Å². The van der Waals surface area contributed by atoms with Gasteiger partial charge >= 0.3 is 0 Å². The third-order valence-corrected chi connectivity index (χ3v) is 20.0. The Bertz CT molecular complexity index is 8360. The zero-order valence-electron chi connectivity index (χ0n) is 71.7. The zero-order valence-corrected chi connectivity index (χ0v) is 71.7. The van der Waals surface area contributed by atoms with Crippen molar-refractivity contribution in [3.8, 4) is 52.6 Å². The lowest BCUT2D eigenvalue weighted by Gasteiger charge is -2.11. The first-order chi connectivity index (χ1) is 69.0. The van der Waals surface area contributed by atoms with Crippen molar-refractivity contribution in [1.82, 2.24) is 109 Å². The Morgan fingerprint density at radius 1 is 0.355 bits per heavy atom. The van der Waals surface area contributed by atoms with E-state index in [2.05, 4.69) is 177 Å². The average Bonchev–Trinajstić information content (AvgIpc) is 1.77. The summed E-state index contributed by atoms with van der Waals surface area (Å²) in [7, 11) is 0. The molecule has 0 bridgehead atoms. The molecule has 20 rings (SSSR count). The summed E-state index contributed by atoms with van der Waals surface area (Å²) in [6.07, 6.45) is 21.5. The molecule has 0 saturated carbocycles. The topological polar surface area (TPSA) is 602 Å². The van der Waals surface area contributed by atoms with Crippen molar-refractivity contribution in [2.75, 3.05) is 21.3 Å². The monoisotopic (exact) mass is 1860 g/mol. The quantitative estimate of drug-likeness (QED) is 0.0249. The molecule has 0 spiro atoms. The van der Waals surface area contributed by atoms with Crippen LogP contribution in [0.2, 0.25) is 0 Å². The molecule has 0 fully saturated rings. The van der Waals surface area contributed by atoms with Gasteiger partial charge in [-0.1, -0.05) is 115 Å². The lowest BCUT2D eigenvalue weighted by atomic mass is 10.0. The molecule has 0 aliphatic rings. The number of pyridine rings is 3. The van der Waals surface area contributed by atoms with Gasteiger partial charge < -0.3 is 36.0 Å². The van der Waals surface area contributed by atoms with Crippen LogP contribution >= 0.6 is 0 Å². The molecule has 0 saturated heterocycles. The Kier molecular flexibility index (Phi) is 26.3. The number of rotatable bonds is 20. The number of nitrogens with zero attached hydrogens (tertiary/aromatic N) is 33. The highest BCUT2D eigenvalue weighted by Crippen LogP contribution is 2.47. The molecule has 0 atom stereocenters. The summed E-state index contributed by atoms with van der Waals surface area (Å²) >= 11 is 0. The largest absolute Gasteiger partial charge is 0.505 e. The Balaban J connectivity index is 0.000000130. The van der Waals surface area contributed by atoms with Crippen LogP contribution in [0.3, 0.4) is 0 Å². The SMILES string of the molecule is [C-]#[N+]c1ccc(NC(=O)c2cc3ccccc3c(N=Nc3c([N+]#[C-])cnn3-c3ncccn3)c2O)nc1.[C-]#[N+]c1cnn(-c2ccccn2)c1N=Nc1c(O)c(C(=O)Nc2[nH]ncc2C#N)cc2ccccc12.[C-]#[N+]c1cnn(-c2ccccn2)c1N=Nc1c(O)c(C(=O)Nc2ncn[nH]2)cc2ccccc12.[C-]#[N+]c1cnn(-c2ncccn2)c1N=Nc1c(O)c(C(=O)Nc2ncc[nH]2)cc2ccccc12. The summed E-state index contributed by atoms with van der Waals surface area (Å²) in [6.45, 7) is 36.8. The number of hydrogen-bond donors (Lipinski definition) is 11. The fourth-order valence-electron chi connectivity index (χ4n) is 13.5. The molecule has 12 aromatic heterocycles. The number of carbonyl (C=O) groups excluding carboxylic acids is 4.